The van der Waals surface area contributed by atoms with Crippen LogP contribution in [0.4, 0.5) is 5.82 Å². The third kappa shape index (κ3) is 1.40. The molecule has 0 unspecified atom stereocenters. The third-order valence-electron chi connectivity index (χ3n) is 2.52. The van der Waals surface area contributed by atoms with Crippen molar-refractivity contribution >= 4 is 16.7 Å². The highest BCUT2D eigenvalue weighted by Crippen LogP contribution is 2.21. The summed E-state index contributed by atoms with van der Waals surface area (Å²) in [6.45, 7) is 0. The lowest BCUT2D eigenvalue weighted by Gasteiger charge is -2.00. The number of hydrogen-bond donors (Lipinski definition) is 2. The molecule has 0 atom stereocenters. The normalized spacial score (nSPS) is 10.8. The van der Waals surface area contributed by atoms with E-state index in [9.17, 15) is 0 Å². The summed E-state index contributed by atoms with van der Waals surface area (Å²) in [4.78, 5) is 11.4. The highest BCUT2D eigenvalue weighted by Gasteiger charge is 2.01. The van der Waals surface area contributed by atoms with Crippen molar-refractivity contribution in [3.8, 4) is 11.3 Å². The van der Waals surface area contributed by atoms with Gasteiger partial charge in [0.1, 0.15) is 5.82 Å². The topological polar surface area (TPSA) is 67.6 Å². The number of benzene rings is 1. The Morgan fingerprint density at radius 2 is 2.00 bits per heavy atom. The average Bonchev–Trinajstić information content (AvgIpc) is 2.77. The van der Waals surface area contributed by atoms with Crippen LogP contribution >= 0.6 is 0 Å². The van der Waals surface area contributed by atoms with Crippen LogP contribution in [-0.2, 0) is 0 Å². The van der Waals surface area contributed by atoms with Gasteiger partial charge in [-0.05, 0) is 18.2 Å². The molecule has 0 aliphatic carbocycles. The van der Waals surface area contributed by atoms with Crippen molar-refractivity contribution in [1.82, 2.24) is 15.0 Å². The van der Waals surface area contributed by atoms with Crippen molar-refractivity contribution in [1.29, 1.82) is 0 Å². The predicted molar refractivity (Wildman–Crippen MR) is 63.7 cm³/mol. The van der Waals surface area contributed by atoms with Crippen LogP contribution in [-0.4, -0.2) is 15.0 Å². The number of aromatic nitrogens is 3. The molecule has 0 aliphatic heterocycles. The smallest absolute Gasteiger partial charge is 0.141 e. The van der Waals surface area contributed by atoms with Gasteiger partial charge in [-0.15, -0.1) is 0 Å². The van der Waals surface area contributed by atoms with Gasteiger partial charge < -0.3 is 10.7 Å². The molecule has 78 valence electrons. The molecule has 16 heavy (non-hydrogen) atoms. The largest absolute Gasteiger partial charge is 0.382 e. The maximum atomic E-state index is 5.50. The Hall–Kier alpha value is -2.36. The van der Waals surface area contributed by atoms with E-state index in [1.165, 1.54) is 0 Å². The van der Waals surface area contributed by atoms with Gasteiger partial charge in [0.25, 0.3) is 0 Å². The predicted octanol–water partition coefficient (Wildman–Crippen LogP) is 2.21. The number of H-pyrrole nitrogens is 1. The number of nitrogen functional groups attached to an aromatic ring is 1. The first-order valence-corrected chi connectivity index (χ1v) is 4.98. The summed E-state index contributed by atoms with van der Waals surface area (Å²) < 4.78 is 0. The number of anilines is 1. The molecule has 2 heterocycles. The molecule has 3 rings (SSSR count). The van der Waals surface area contributed by atoms with E-state index < -0.39 is 0 Å². The number of hydrogen-bond acceptors (Lipinski definition) is 3. The van der Waals surface area contributed by atoms with Gasteiger partial charge in [0.2, 0.25) is 0 Å². The number of nitrogens with two attached hydrogens (primary N) is 1. The van der Waals surface area contributed by atoms with E-state index in [1.807, 2.05) is 24.4 Å². The first-order chi connectivity index (χ1) is 7.83. The van der Waals surface area contributed by atoms with Crippen LogP contribution in [0.5, 0.6) is 0 Å². The summed E-state index contributed by atoms with van der Waals surface area (Å²) in [6, 6.07) is 8.15. The lowest BCUT2D eigenvalue weighted by Crippen LogP contribution is -1.92. The minimum Gasteiger partial charge on any atom is -0.382 e. The summed E-state index contributed by atoms with van der Waals surface area (Å²) in [5, 5.41) is 1.16. The van der Waals surface area contributed by atoms with E-state index in [1.54, 1.807) is 12.4 Å². The number of aromatic amines is 1. The Balaban J connectivity index is 2.14. The van der Waals surface area contributed by atoms with Crippen LogP contribution in [0.3, 0.4) is 0 Å². The fourth-order valence-electron chi connectivity index (χ4n) is 1.70. The zero-order chi connectivity index (χ0) is 11.0. The van der Waals surface area contributed by atoms with Gasteiger partial charge in [-0.2, -0.15) is 0 Å². The number of nitrogens with one attached hydrogen (secondary N) is 1. The number of fused-ring (bicyclic) bond motifs is 1. The molecule has 3 aromatic rings. The Bertz CT molecular complexity index is 625. The monoisotopic (exact) mass is 210 g/mol. The molecule has 0 spiro atoms. The molecule has 0 amide bonds. The van der Waals surface area contributed by atoms with Gasteiger partial charge in [0, 0.05) is 22.7 Å². The van der Waals surface area contributed by atoms with Crippen molar-refractivity contribution in [3.05, 3.63) is 42.9 Å². The Morgan fingerprint density at radius 3 is 2.81 bits per heavy atom. The van der Waals surface area contributed by atoms with E-state index in [2.05, 4.69) is 21.0 Å². The standard InChI is InChI=1S/C12H10N4/c13-12-7-15-11(6-16-12)8-1-2-10-9(5-8)3-4-14-10/h1-7,14H,(H2,13,16). The zero-order valence-corrected chi connectivity index (χ0v) is 8.51. The highest BCUT2D eigenvalue weighted by molar-refractivity contribution is 5.84. The van der Waals surface area contributed by atoms with E-state index in [0.717, 1.165) is 22.2 Å². The molecule has 2 aromatic heterocycles. The van der Waals surface area contributed by atoms with Crippen molar-refractivity contribution in [2.24, 2.45) is 0 Å². The van der Waals surface area contributed by atoms with Crippen molar-refractivity contribution in [2.45, 2.75) is 0 Å². The quantitative estimate of drug-likeness (QED) is 0.647. The van der Waals surface area contributed by atoms with Crippen molar-refractivity contribution < 1.29 is 0 Å². The molecule has 1 aromatic carbocycles. The fraction of sp³-hybridized carbons (Fsp3) is 0. The maximum absolute atomic E-state index is 5.50. The zero-order valence-electron chi connectivity index (χ0n) is 8.51. The summed E-state index contributed by atoms with van der Waals surface area (Å²) in [7, 11) is 0. The van der Waals surface area contributed by atoms with Gasteiger partial charge in [-0.3, -0.25) is 4.98 Å². The summed E-state index contributed by atoms with van der Waals surface area (Å²) in [6.07, 6.45) is 5.17. The molecule has 0 bridgehead atoms. The maximum Gasteiger partial charge on any atom is 0.141 e. The van der Waals surface area contributed by atoms with Gasteiger partial charge in [0.15, 0.2) is 0 Å². The molecule has 0 aliphatic rings. The minimum atomic E-state index is 0.437. The number of rotatable bonds is 1. The first kappa shape index (κ1) is 8.91. The van der Waals surface area contributed by atoms with Gasteiger partial charge in [-0.25, -0.2) is 4.98 Å². The van der Waals surface area contributed by atoms with Crippen LogP contribution in [0.1, 0.15) is 0 Å². The molecule has 4 nitrogen and oxygen atoms in total. The van der Waals surface area contributed by atoms with E-state index in [-0.39, 0.29) is 0 Å². The van der Waals surface area contributed by atoms with E-state index >= 15 is 0 Å². The fourth-order valence-corrected chi connectivity index (χ4v) is 1.70. The molecular formula is C12H10N4. The van der Waals surface area contributed by atoms with Crippen LogP contribution in [0, 0.1) is 0 Å². The lowest BCUT2D eigenvalue weighted by atomic mass is 10.1. The number of nitrogens with zero attached hydrogens (tertiary/aromatic N) is 2. The van der Waals surface area contributed by atoms with E-state index in [4.69, 9.17) is 5.73 Å². The lowest BCUT2D eigenvalue weighted by molar-refractivity contribution is 1.22. The molecule has 0 radical (unpaired) electrons. The Labute approximate surface area is 92.2 Å². The second kappa shape index (κ2) is 3.34. The summed E-state index contributed by atoms with van der Waals surface area (Å²) >= 11 is 0. The van der Waals surface area contributed by atoms with Gasteiger partial charge in [0.05, 0.1) is 18.1 Å². The van der Waals surface area contributed by atoms with Gasteiger partial charge >= 0.3 is 0 Å². The summed E-state index contributed by atoms with van der Waals surface area (Å²) in [5.41, 5.74) is 8.49. The van der Waals surface area contributed by atoms with Crippen molar-refractivity contribution in [3.63, 3.8) is 0 Å². The minimum absolute atomic E-state index is 0.437. The SMILES string of the molecule is Nc1cnc(-c2ccc3[nH]ccc3c2)cn1. The Kier molecular flexibility index (Phi) is 1.86. The first-order valence-electron chi connectivity index (χ1n) is 4.98. The second-order valence-corrected chi connectivity index (χ2v) is 3.61. The second-order valence-electron chi connectivity index (χ2n) is 3.61. The molecule has 0 saturated carbocycles. The van der Waals surface area contributed by atoms with Crippen LogP contribution in [0.15, 0.2) is 42.9 Å². The van der Waals surface area contributed by atoms with Crippen molar-refractivity contribution in [2.75, 3.05) is 5.73 Å². The van der Waals surface area contributed by atoms with Crippen LogP contribution in [0.25, 0.3) is 22.2 Å². The molecule has 0 fully saturated rings. The van der Waals surface area contributed by atoms with Crippen LogP contribution in [0.2, 0.25) is 0 Å². The summed E-state index contributed by atoms with van der Waals surface area (Å²) in [5.74, 6) is 0.437. The van der Waals surface area contributed by atoms with Crippen LogP contribution < -0.4 is 5.73 Å². The van der Waals surface area contributed by atoms with E-state index in [0.29, 0.717) is 5.82 Å². The molecule has 0 saturated heterocycles. The molecular weight excluding hydrogens is 200 g/mol. The average molecular weight is 210 g/mol. The Morgan fingerprint density at radius 1 is 1.06 bits per heavy atom. The van der Waals surface area contributed by atoms with Gasteiger partial charge in [-0.1, -0.05) is 6.07 Å². The third-order valence-corrected chi connectivity index (χ3v) is 2.52. The molecule has 4 heteroatoms. The molecule has 3 N–H and O–H groups in total. The highest BCUT2D eigenvalue weighted by atomic mass is 14.9.